The first-order valence-corrected chi connectivity index (χ1v) is 11.4. The third-order valence-corrected chi connectivity index (χ3v) is 6.50. The Labute approximate surface area is 182 Å². The Balaban J connectivity index is 2.15. The van der Waals surface area contributed by atoms with Gasteiger partial charge in [-0.25, -0.2) is 0 Å². The predicted molar refractivity (Wildman–Crippen MR) is 125 cm³/mol. The van der Waals surface area contributed by atoms with E-state index in [1.807, 2.05) is 24.5 Å². The summed E-state index contributed by atoms with van der Waals surface area (Å²) >= 11 is 0. The lowest BCUT2D eigenvalue weighted by Crippen LogP contribution is -2.32. The maximum atomic E-state index is 5.33. The van der Waals surface area contributed by atoms with Crippen LogP contribution in [0.15, 0.2) is 67.0 Å². The Kier molecular flexibility index (Phi) is 7.36. The Bertz CT molecular complexity index is 910. The molecule has 3 nitrogen and oxygen atoms in total. The van der Waals surface area contributed by atoms with Crippen LogP contribution in [0.3, 0.4) is 0 Å². The maximum absolute atomic E-state index is 5.33. The molecule has 0 fully saturated rings. The van der Waals surface area contributed by atoms with Gasteiger partial charge in [-0.1, -0.05) is 58.2 Å². The summed E-state index contributed by atoms with van der Waals surface area (Å²) in [7, 11) is 0. The van der Waals surface area contributed by atoms with Crippen molar-refractivity contribution in [3.8, 4) is 0 Å². The molecule has 158 valence electrons. The van der Waals surface area contributed by atoms with Gasteiger partial charge in [-0.15, -0.1) is 0 Å². The summed E-state index contributed by atoms with van der Waals surface area (Å²) in [6.45, 7) is 9.04. The van der Waals surface area contributed by atoms with Gasteiger partial charge >= 0.3 is 0 Å². The van der Waals surface area contributed by atoms with Crippen LogP contribution in [0.4, 0.5) is 0 Å². The fourth-order valence-electron chi connectivity index (χ4n) is 4.61. The molecule has 0 bridgehead atoms. The highest BCUT2D eigenvalue weighted by Gasteiger charge is 2.37. The van der Waals surface area contributed by atoms with E-state index in [1.165, 1.54) is 0 Å². The van der Waals surface area contributed by atoms with Crippen LogP contribution in [-0.4, -0.2) is 15.0 Å². The van der Waals surface area contributed by atoms with Crippen molar-refractivity contribution in [2.75, 3.05) is 0 Å². The largest absolute Gasteiger partial charge is 0.260 e. The van der Waals surface area contributed by atoms with Gasteiger partial charge in [0.2, 0.25) is 0 Å². The molecule has 3 aromatic rings. The molecule has 0 saturated heterocycles. The summed E-state index contributed by atoms with van der Waals surface area (Å²) in [5.74, 6) is 0. The van der Waals surface area contributed by atoms with Crippen molar-refractivity contribution >= 4 is 0 Å². The molecule has 3 aromatic heterocycles. The Hall–Kier alpha value is -2.55. The molecule has 0 aliphatic heterocycles. The SMILES string of the molecule is CCCCC(C)(c1ccccn1)c1cccc(C(CC)(CCC)c2ccccn2)n1. The minimum Gasteiger partial charge on any atom is -0.260 e. The van der Waals surface area contributed by atoms with Crippen LogP contribution in [0.5, 0.6) is 0 Å². The minimum atomic E-state index is -0.205. The molecule has 3 heteroatoms. The number of hydrogen-bond acceptors (Lipinski definition) is 3. The maximum Gasteiger partial charge on any atom is 0.0545 e. The summed E-state index contributed by atoms with van der Waals surface area (Å²) < 4.78 is 0. The summed E-state index contributed by atoms with van der Waals surface area (Å²) in [6.07, 6.45) is 10.2. The normalized spacial score (nSPS) is 15.3. The molecular formula is C27H35N3. The second-order valence-corrected chi connectivity index (χ2v) is 8.46. The molecule has 0 saturated carbocycles. The molecular weight excluding hydrogens is 366 g/mol. The highest BCUT2D eigenvalue weighted by molar-refractivity contribution is 5.36. The van der Waals surface area contributed by atoms with Crippen LogP contribution in [0, 0.1) is 0 Å². The fourth-order valence-corrected chi connectivity index (χ4v) is 4.61. The van der Waals surface area contributed by atoms with Crippen LogP contribution >= 0.6 is 0 Å². The van der Waals surface area contributed by atoms with Crippen molar-refractivity contribution in [3.05, 3.63) is 89.8 Å². The van der Waals surface area contributed by atoms with Crippen LogP contribution in [0.1, 0.15) is 89.0 Å². The average Bonchev–Trinajstić information content (AvgIpc) is 2.82. The standard InChI is InChI=1S/C27H35N3/c1-5-8-19-26(4,22-14-9-11-20-28-22)23-16-13-17-25(30-23)27(7-3,18-6-2)24-15-10-12-21-29-24/h9-17,20-21H,5-8,18-19H2,1-4H3. The zero-order valence-corrected chi connectivity index (χ0v) is 18.9. The number of rotatable bonds is 10. The zero-order valence-electron chi connectivity index (χ0n) is 18.9. The third-order valence-electron chi connectivity index (χ3n) is 6.50. The second-order valence-electron chi connectivity index (χ2n) is 8.46. The Morgan fingerprint density at radius 2 is 1.30 bits per heavy atom. The predicted octanol–water partition coefficient (Wildman–Crippen LogP) is 6.86. The van der Waals surface area contributed by atoms with Gasteiger partial charge in [0.25, 0.3) is 0 Å². The van der Waals surface area contributed by atoms with Gasteiger partial charge in [0.05, 0.1) is 33.6 Å². The first-order valence-electron chi connectivity index (χ1n) is 11.4. The monoisotopic (exact) mass is 401 g/mol. The molecule has 0 aliphatic rings. The molecule has 2 atom stereocenters. The van der Waals surface area contributed by atoms with Crippen molar-refractivity contribution in [2.45, 2.75) is 77.0 Å². The van der Waals surface area contributed by atoms with E-state index >= 15 is 0 Å². The van der Waals surface area contributed by atoms with Crippen molar-refractivity contribution < 1.29 is 0 Å². The van der Waals surface area contributed by atoms with Crippen molar-refractivity contribution in [2.24, 2.45) is 0 Å². The smallest absolute Gasteiger partial charge is 0.0545 e. The minimum absolute atomic E-state index is 0.165. The highest BCUT2D eigenvalue weighted by atomic mass is 14.8. The van der Waals surface area contributed by atoms with Gasteiger partial charge in [-0.05, 0) is 62.6 Å². The molecule has 0 N–H and O–H groups in total. The van der Waals surface area contributed by atoms with E-state index in [-0.39, 0.29) is 10.8 Å². The van der Waals surface area contributed by atoms with E-state index in [9.17, 15) is 0 Å². The fraction of sp³-hybridized carbons (Fsp3) is 0.444. The van der Waals surface area contributed by atoms with Crippen LogP contribution in [0.25, 0.3) is 0 Å². The van der Waals surface area contributed by atoms with Crippen LogP contribution < -0.4 is 0 Å². The molecule has 0 aliphatic carbocycles. The molecule has 0 radical (unpaired) electrons. The van der Waals surface area contributed by atoms with E-state index in [4.69, 9.17) is 15.0 Å². The van der Waals surface area contributed by atoms with E-state index < -0.39 is 0 Å². The average molecular weight is 402 g/mol. The summed E-state index contributed by atoms with van der Waals surface area (Å²) in [4.78, 5) is 14.8. The van der Waals surface area contributed by atoms with Gasteiger partial charge in [0.15, 0.2) is 0 Å². The number of nitrogens with zero attached hydrogens (tertiary/aromatic N) is 3. The van der Waals surface area contributed by atoms with Gasteiger partial charge < -0.3 is 0 Å². The molecule has 0 spiro atoms. The second kappa shape index (κ2) is 9.97. The first-order chi connectivity index (χ1) is 14.6. The third kappa shape index (κ3) is 4.30. The molecule has 2 unspecified atom stereocenters. The lowest BCUT2D eigenvalue weighted by atomic mass is 9.73. The van der Waals surface area contributed by atoms with Crippen molar-refractivity contribution in [1.82, 2.24) is 15.0 Å². The van der Waals surface area contributed by atoms with Crippen molar-refractivity contribution in [1.29, 1.82) is 0 Å². The number of unbranched alkanes of at least 4 members (excludes halogenated alkanes) is 1. The van der Waals surface area contributed by atoms with E-state index in [0.29, 0.717) is 0 Å². The highest BCUT2D eigenvalue weighted by Crippen LogP contribution is 2.40. The number of pyridine rings is 3. The molecule has 0 aromatic carbocycles. The van der Waals surface area contributed by atoms with E-state index in [0.717, 1.165) is 61.3 Å². The molecule has 30 heavy (non-hydrogen) atoms. The van der Waals surface area contributed by atoms with Crippen LogP contribution in [0.2, 0.25) is 0 Å². The molecule has 0 amide bonds. The summed E-state index contributed by atoms with van der Waals surface area (Å²) in [5, 5.41) is 0. The van der Waals surface area contributed by atoms with Gasteiger partial charge in [0.1, 0.15) is 0 Å². The summed E-state index contributed by atoms with van der Waals surface area (Å²) in [5.41, 5.74) is 4.08. The number of aromatic nitrogens is 3. The zero-order chi connectivity index (χ0) is 21.5. The topological polar surface area (TPSA) is 38.7 Å². The molecule has 3 heterocycles. The number of hydrogen-bond donors (Lipinski definition) is 0. The lowest BCUT2D eigenvalue weighted by molar-refractivity contribution is 0.415. The first kappa shape index (κ1) is 22.1. The van der Waals surface area contributed by atoms with Gasteiger partial charge in [0, 0.05) is 12.4 Å². The van der Waals surface area contributed by atoms with Crippen molar-refractivity contribution in [3.63, 3.8) is 0 Å². The Morgan fingerprint density at radius 3 is 1.87 bits per heavy atom. The summed E-state index contributed by atoms with van der Waals surface area (Å²) in [6, 6.07) is 19.0. The van der Waals surface area contributed by atoms with Gasteiger partial charge in [-0.2, -0.15) is 0 Å². The molecule has 3 rings (SSSR count). The van der Waals surface area contributed by atoms with Gasteiger partial charge in [-0.3, -0.25) is 15.0 Å². The quantitative estimate of drug-likeness (QED) is 0.372. The van der Waals surface area contributed by atoms with E-state index in [1.54, 1.807) is 0 Å². The lowest BCUT2D eigenvalue weighted by Gasteiger charge is -2.34. The van der Waals surface area contributed by atoms with Crippen LogP contribution in [-0.2, 0) is 10.8 Å². The Morgan fingerprint density at radius 1 is 0.667 bits per heavy atom. The van der Waals surface area contributed by atoms with E-state index in [2.05, 4.69) is 70.2 Å².